The predicted octanol–water partition coefficient (Wildman–Crippen LogP) is 5.02. The van der Waals surface area contributed by atoms with Crippen molar-refractivity contribution in [2.75, 3.05) is 37.8 Å². The van der Waals surface area contributed by atoms with E-state index in [1.165, 1.54) is 5.56 Å². The highest BCUT2D eigenvalue weighted by Crippen LogP contribution is 2.31. The maximum atomic E-state index is 6.45. The molecular formula is C24H26Cl2N6. The van der Waals surface area contributed by atoms with Crippen LogP contribution in [0.3, 0.4) is 0 Å². The molecule has 6 nitrogen and oxygen atoms in total. The molecule has 1 aliphatic heterocycles. The largest absolute Gasteiger partial charge is 0.368 e. The van der Waals surface area contributed by atoms with E-state index in [-0.39, 0.29) is 6.17 Å². The molecule has 1 aromatic heterocycles. The van der Waals surface area contributed by atoms with E-state index in [0.717, 1.165) is 35.0 Å². The van der Waals surface area contributed by atoms with Gasteiger partial charge in [0.05, 0.1) is 6.54 Å². The maximum absolute atomic E-state index is 6.45. The van der Waals surface area contributed by atoms with Crippen LogP contribution in [0.1, 0.15) is 22.9 Å². The fraction of sp³-hybridized carbons (Fsp3) is 0.250. The number of hydrogen-bond acceptors (Lipinski definition) is 5. The summed E-state index contributed by atoms with van der Waals surface area (Å²) in [6, 6.07) is 17.7. The molecule has 0 saturated carbocycles. The van der Waals surface area contributed by atoms with E-state index in [0.29, 0.717) is 23.1 Å². The van der Waals surface area contributed by atoms with Crippen LogP contribution in [-0.4, -0.2) is 42.9 Å². The average Bonchev–Trinajstić information content (AvgIpc) is 2.77. The number of aliphatic imine (C=N–C) groups is 1. The van der Waals surface area contributed by atoms with E-state index >= 15 is 0 Å². The molecule has 1 unspecified atom stereocenters. The molecule has 166 valence electrons. The van der Waals surface area contributed by atoms with Crippen LogP contribution in [0.25, 0.3) is 0 Å². The first-order chi connectivity index (χ1) is 15.5. The Hall–Kier alpha value is -2.80. The Bertz CT molecular complexity index is 1100. The Labute approximate surface area is 198 Å². The summed E-state index contributed by atoms with van der Waals surface area (Å²) in [5.41, 5.74) is 4.13. The third-order valence-electron chi connectivity index (χ3n) is 5.05. The van der Waals surface area contributed by atoms with E-state index in [9.17, 15) is 0 Å². The van der Waals surface area contributed by atoms with E-state index in [2.05, 4.69) is 31.9 Å². The molecule has 1 aliphatic rings. The summed E-state index contributed by atoms with van der Waals surface area (Å²) < 4.78 is 0. The Kier molecular flexibility index (Phi) is 7.15. The average molecular weight is 469 g/mol. The Morgan fingerprint density at radius 2 is 1.91 bits per heavy atom. The molecule has 0 saturated heterocycles. The highest BCUT2D eigenvalue weighted by Gasteiger charge is 2.24. The van der Waals surface area contributed by atoms with Gasteiger partial charge in [0.2, 0.25) is 0 Å². The van der Waals surface area contributed by atoms with Gasteiger partial charge in [0, 0.05) is 46.1 Å². The highest BCUT2D eigenvalue weighted by atomic mass is 35.5. The lowest BCUT2D eigenvalue weighted by Crippen LogP contribution is -2.39. The Morgan fingerprint density at radius 1 is 1.06 bits per heavy atom. The molecule has 0 radical (unpaired) electrons. The number of para-hydroxylation sites is 1. The first-order valence-corrected chi connectivity index (χ1v) is 11.2. The van der Waals surface area contributed by atoms with Crippen molar-refractivity contribution in [1.82, 2.24) is 15.2 Å². The molecule has 0 bridgehead atoms. The van der Waals surface area contributed by atoms with Crippen molar-refractivity contribution in [1.29, 1.82) is 0 Å². The van der Waals surface area contributed by atoms with Crippen molar-refractivity contribution in [2.24, 2.45) is 4.99 Å². The molecule has 0 aliphatic carbocycles. The Balaban J connectivity index is 1.44. The van der Waals surface area contributed by atoms with Crippen LogP contribution >= 0.6 is 23.2 Å². The zero-order valence-corrected chi connectivity index (χ0v) is 19.6. The van der Waals surface area contributed by atoms with E-state index < -0.39 is 0 Å². The van der Waals surface area contributed by atoms with Crippen molar-refractivity contribution in [3.63, 3.8) is 0 Å². The SMILES string of the molecule is CN(C)Cc1ccc(NCCN=C2NC(c3ccc(Cl)cc3Cl)Nc3ccccc32)nc1. The number of anilines is 2. The summed E-state index contributed by atoms with van der Waals surface area (Å²) in [5.74, 6) is 1.67. The second-order valence-electron chi connectivity index (χ2n) is 7.88. The van der Waals surface area contributed by atoms with E-state index in [1.807, 2.05) is 62.8 Å². The van der Waals surface area contributed by atoms with Crippen molar-refractivity contribution >= 4 is 40.5 Å². The van der Waals surface area contributed by atoms with Gasteiger partial charge in [0.1, 0.15) is 17.8 Å². The molecule has 4 rings (SSSR count). The lowest BCUT2D eigenvalue weighted by atomic mass is 10.1. The van der Waals surface area contributed by atoms with Crippen LogP contribution in [0, 0.1) is 0 Å². The van der Waals surface area contributed by atoms with Crippen LogP contribution in [0.5, 0.6) is 0 Å². The van der Waals surface area contributed by atoms with Crippen molar-refractivity contribution in [2.45, 2.75) is 12.7 Å². The number of fused-ring (bicyclic) bond motifs is 1. The van der Waals surface area contributed by atoms with Crippen molar-refractivity contribution < 1.29 is 0 Å². The molecule has 0 amide bonds. The second-order valence-corrected chi connectivity index (χ2v) is 8.72. The van der Waals surface area contributed by atoms with Gasteiger partial charge in [-0.05, 0) is 50.0 Å². The van der Waals surface area contributed by atoms with Gasteiger partial charge < -0.3 is 20.9 Å². The van der Waals surface area contributed by atoms with Gasteiger partial charge in [-0.2, -0.15) is 0 Å². The molecule has 2 aromatic carbocycles. The summed E-state index contributed by atoms with van der Waals surface area (Å²) in [5, 5.41) is 11.5. The number of rotatable bonds is 7. The zero-order valence-electron chi connectivity index (χ0n) is 18.1. The highest BCUT2D eigenvalue weighted by molar-refractivity contribution is 6.35. The minimum Gasteiger partial charge on any atom is -0.368 e. The molecule has 3 aromatic rings. The molecule has 0 fully saturated rings. The fourth-order valence-corrected chi connectivity index (χ4v) is 4.10. The maximum Gasteiger partial charge on any atom is 0.132 e. The van der Waals surface area contributed by atoms with Gasteiger partial charge in [-0.1, -0.05) is 47.5 Å². The summed E-state index contributed by atoms with van der Waals surface area (Å²) in [6.07, 6.45) is 1.70. The van der Waals surface area contributed by atoms with E-state index in [4.69, 9.17) is 28.2 Å². The van der Waals surface area contributed by atoms with Gasteiger partial charge >= 0.3 is 0 Å². The number of halogens is 2. The normalized spacial score (nSPS) is 16.4. The number of nitrogens with zero attached hydrogens (tertiary/aromatic N) is 3. The topological polar surface area (TPSA) is 64.6 Å². The number of nitrogens with one attached hydrogen (secondary N) is 3. The second kappa shape index (κ2) is 10.2. The van der Waals surface area contributed by atoms with Crippen molar-refractivity contribution in [3.05, 3.63) is 87.5 Å². The lowest BCUT2D eigenvalue weighted by Gasteiger charge is -2.31. The quantitative estimate of drug-likeness (QED) is 0.424. The number of amidine groups is 1. The Morgan fingerprint density at radius 3 is 2.66 bits per heavy atom. The van der Waals surface area contributed by atoms with Gasteiger partial charge in [0.15, 0.2) is 0 Å². The molecular weight excluding hydrogens is 443 g/mol. The number of aromatic nitrogens is 1. The van der Waals surface area contributed by atoms with Gasteiger partial charge in [-0.3, -0.25) is 4.99 Å². The monoisotopic (exact) mass is 468 g/mol. The van der Waals surface area contributed by atoms with E-state index in [1.54, 1.807) is 6.07 Å². The van der Waals surface area contributed by atoms with Crippen LogP contribution in [0.2, 0.25) is 10.0 Å². The number of pyridine rings is 1. The van der Waals surface area contributed by atoms with Crippen LogP contribution in [0.4, 0.5) is 11.5 Å². The van der Waals surface area contributed by atoms with Crippen LogP contribution < -0.4 is 16.0 Å². The minimum atomic E-state index is -0.202. The fourth-order valence-electron chi connectivity index (χ4n) is 3.58. The molecule has 2 heterocycles. The smallest absolute Gasteiger partial charge is 0.132 e. The first-order valence-electron chi connectivity index (χ1n) is 10.4. The summed E-state index contributed by atoms with van der Waals surface area (Å²) in [4.78, 5) is 11.4. The number of benzene rings is 2. The molecule has 32 heavy (non-hydrogen) atoms. The third-order valence-corrected chi connectivity index (χ3v) is 5.61. The predicted molar refractivity (Wildman–Crippen MR) is 134 cm³/mol. The number of hydrogen-bond donors (Lipinski definition) is 3. The standard InChI is InChI=1S/C24H26Cl2N6/c1-32(2)15-16-7-10-22(29-14-16)27-11-12-28-23-19-5-3-4-6-21(19)30-24(31-23)18-9-8-17(25)13-20(18)26/h3-10,13-14,24,30H,11-12,15H2,1-2H3,(H,27,29)(H,28,31). The first kappa shape index (κ1) is 22.4. The molecule has 0 spiro atoms. The van der Waals surface area contributed by atoms with Gasteiger partial charge in [-0.25, -0.2) is 4.98 Å². The summed E-state index contributed by atoms with van der Waals surface area (Å²) in [7, 11) is 4.09. The molecule has 3 N–H and O–H groups in total. The minimum absolute atomic E-state index is 0.202. The van der Waals surface area contributed by atoms with Gasteiger partial charge in [0.25, 0.3) is 0 Å². The van der Waals surface area contributed by atoms with Crippen LogP contribution in [0.15, 0.2) is 65.8 Å². The van der Waals surface area contributed by atoms with Crippen molar-refractivity contribution in [3.8, 4) is 0 Å². The van der Waals surface area contributed by atoms with Gasteiger partial charge in [-0.15, -0.1) is 0 Å². The lowest BCUT2D eigenvalue weighted by molar-refractivity contribution is 0.402. The summed E-state index contributed by atoms with van der Waals surface area (Å²) in [6.45, 7) is 2.14. The molecule has 8 heteroatoms. The molecule has 1 atom stereocenters. The summed E-state index contributed by atoms with van der Waals surface area (Å²) >= 11 is 12.5. The zero-order chi connectivity index (χ0) is 22.5. The third kappa shape index (κ3) is 5.51. The van der Waals surface area contributed by atoms with Crippen LogP contribution in [-0.2, 0) is 6.54 Å².